The number of carbonyl (C=O) groups excluding carboxylic acids is 2. The third kappa shape index (κ3) is 6.50. The quantitative estimate of drug-likeness (QED) is 0.733. The number of halogens is 1. The molecule has 26 heavy (non-hydrogen) atoms. The Morgan fingerprint density at radius 3 is 2.42 bits per heavy atom. The van der Waals surface area contributed by atoms with Gasteiger partial charge in [-0.25, -0.2) is 0 Å². The Hall–Kier alpha value is -2.37. The molecule has 0 heterocycles. The normalized spacial score (nSPS) is 10.4. The van der Waals surface area contributed by atoms with Crippen molar-refractivity contribution in [3.05, 3.63) is 70.7 Å². The fraction of sp³-hybridized carbons (Fsp3) is 0.300. The lowest BCUT2D eigenvalue weighted by Crippen LogP contribution is -2.36. The van der Waals surface area contributed by atoms with Crippen LogP contribution in [0.1, 0.15) is 22.3 Å². The number of carbonyl (C=O) groups is 2. The molecular formula is C20H23ClN2O3. The van der Waals surface area contributed by atoms with Gasteiger partial charge in [0.05, 0.1) is 6.61 Å². The van der Waals surface area contributed by atoms with Crippen molar-refractivity contribution in [1.82, 2.24) is 10.2 Å². The highest BCUT2D eigenvalue weighted by Gasteiger charge is 2.14. The van der Waals surface area contributed by atoms with E-state index in [9.17, 15) is 9.59 Å². The summed E-state index contributed by atoms with van der Waals surface area (Å²) < 4.78 is 5.10. The molecule has 6 heteroatoms. The van der Waals surface area contributed by atoms with Crippen molar-refractivity contribution in [1.29, 1.82) is 0 Å². The molecule has 2 aromatic rings. The number of rotatable bonds is 9. The Balaban J connectivity index is 1.85. The van der Waals surface area contributed by atoms with Crippen molar-refractivity contribution in [2.75, 3.05) is 26.8 Å². The van der Waals surface area contributed by atoms with Gasteiger partial charge in [0.2, 0.25) is 5.91 Å². The SMILES string of the molecule is COCCN(Cc1ccccc1)C(=O)CCNC(=O)c1ccc(Cl)cc1. The van der Waals surface area contributed by atoms with Crippen molar-refractivity contribution < 1.29 is 14.3 Å². The van der Waals surface area contributed by atoms with Crippen LogP contribution in [0.3, 0.4) is 0 Å². The third-order valence-corrected chi connectivity index (χ3v) is 4.12. The van der Waals surface area contributed by atoms with Gasteiger partial charge in [0.1, 0.15) is 0 Å². The molecule has 1 N–H and O–H groups in total. The monoisotopic (exact) mass is 374 g/mol. The molecule has 2 amide bonds. The fourth-order valence-electron chi connectivity index (χ4n) is 2.44. The molecule has 0 atom stereocenters. The number of nitrogens with one attached hydrogen (secondary N) is 1. The van der Waals surface area contributed by atoms with Crippen molar-refractivity contribution in [2.24, 2.45) is 0 Å². The molecular weight excluding hydrogens is 352 g/mol. The van der Waals surface area contributed by atoms with Gasteiger partial charge in [-0.1, -0.05) is 41.9 Å². The Kier molecular flexibility index (Phi) is 8.12. The summed E-state index contributed by atoms with van der Waals surface area (Å²) in [4.78, 5) is 26.3. The van der Waals surface area contributed by atoms with E-state index in [1.165, 1.54) is 0 Å². The van der Waals surface area contributed by atoms with E-state index in [-0.39, 0.29) is 24.8 Å². The molecule has 0 aromatic heterocycles. The van der Waals surface area contributed by atoms with E-state index >= 15 is 0 Å². The molecule has 0 radical (unpaired) electrons. The summed E-state index contributed by atoms with van der Waals surface area (Å²) >= 11 is 5.81. The van der Waals surface area contributed by atoms with Crippen LogP contribution in [0.4, 0.5) is 0 Å². The summed E-state index contributed by atoms with van der Waals surface area (Å²) in [6.07, 6.45) is 0.232. The maximum Gasteiger partial charge on any atom is 0.251 e. The second-order valence-electron chi connectivity index (χ2n) is 5.81. The number of amides is 2. The van der Waals surface area contributed by atoms with Gasteiger partial charge in [0.15, 0.2) is 0 Å². The second-order valence-corrected chi connectivity index (χ2v) is 6.24. The first-order chi connectivity index (χ1) is 12.6. The Bertz CT molecular complexity index is 705. The Morgan fingerprint density at radius 2 is 1.77 bits per heavy atom. The van der Waals surface area contributed by atoms with E-state index in [0.29, 0.717) is 30.3 Å². The number of hydrogen-bond donors (Lipinski definition) is 1. The zero-order valence-corrected chi connectivity index (χ0v) is 15.5. The molecule has 5 nitrogen and oxygen atoms in total. The van der Waals surface area contributed by atoms with Gasteiger partial charge in [0.25, 0.3) is 5.91 Å². The van der Waals surface area contributed by atoms with Crippen molar-refractivity contribution in [3.63, 3.8) is 0 Å². The van der Waals surface area contributed by atoms with Gasteiger partial charge < -0.3 is 15.0 Å². The van der Waals surface area contributed by atoms with Crippen LogP contribution >= 0.6 is 11.6 Å². The molecule has 0 bridgehead atoms. The van der Waals surface area contributed by atoms with Crippen LogP contribution in [0.2, 0.25) is 5.02 Å². The Labute approximate surface area is 158 Å². The zero-order chi connectivity index (χ0) is 18.8. The van der Waals surface area contributed by atoms with Crippen LogP contribution < -0.4 is 5.32 Å². The number of nitrogens with zero attached hydrogens (tertiary/aromatic N) is 1. The molecule has 0 aliphatic heterocycles. The highest BCUT2D eigenvalue weighted by atomic mass is 35.5. The summed E-state index contributed by atoms with van der Waals surface area (Å²) in [6.45, 7) is 1.78. The predicted octanol–water partition coefficient (Wildman–Crippen LogP) is 3.14. The van der Waals surface area contributed by atoms with E-state index in [0.717, 1.165) is 5.56 Å². The highest BCUT2D eigenvalue weighted by Crippen LogP contribution is 2.09. The standard InChI is InChI=1S/C20H23ClN2O3/c1-26-14-13-23(15-16-5-3-2-4-6-16)19(24)11-12-22-20(25)17-7-9-18(21)10-8-17/h2-10H,11-15H2,1H3,(H,22,25). The van der Waals surface area contributed by atoms with Crippen molar-refractivity contribution in [2.45, 2.75) is 13.0 Å². The lowest BCUT2D eigenvalue weighted by atomic mass is 10.2. The van der Waals surface area contributed by atoms with Crippen LogP contribution in [-0.4, -0.2) is 43.5 Å². The number of methoxy groups -OCH3 is 1. The summed E-state index contributed by atoms with van der Waals surface area (Å²) in [5.74, 6) is -0.247. The minimum Gasteiger partial charge on any atom is -0.383 e. The van der Waals surface area contributed by atoms with Crippen molar-refractivity contribution >= 4 is 23.4 Å². The first kappa shape index (κ1) is 19.9. The van der Waals surface area contributed by atoms with E-state index in [2.05, 4.69) is 5.32 Å². The molecule has 0 saturated carbocycles. The highest BCUT2D eigenvalue weighted by molar-refractivity contribution is 6.30. The smallest absolute Gasteiger partial charge is 0.251 e. The lowest BCUT2D eigenvalue weighted by Gasteiger charge is -2.22. The van der Waals surface area contributed by atoms with Gasteiger partial charge in [-0.05, 0) is 29.8 Å². The van der Waals surface area contributed by atoms with Crippen molar-refractivity contribution in [3.8, 4) is 0 Å². The summed E-state index contributed by atoms with van der Waals surface area (Å²) in [7, 11) is 1.61. The minimum atomic E-state index is -0.221. The van der Waals surface area contributed by atoms with E-state index < -0.39 is 0 Å². The average molecular weight is 375 g/mol. The largest absolute Gasteiger partial charge is 0.383 e. The molecule has 0 fully saturated rings. The van der Waals surface area contributed by atoms with Gasteiger partial charge in [-0.3, -0.25) is 9.59 Å². The lowest BCUT2D eigenvalue weighted by molar-refractivity contribution is -0.132. The average Bonchev–Trinajstić information content (AvgIpc) is 2.66. The summed E-state index contributed by atoms with van der Waals surface area (Å²) in [5.41, 5.74) is 1.57. The van der Waals surface area contributed by atoms with Crippen LogP contribution in [0, 0.1) is 0 Å². The number of benzene rings is 2. The molecule has 138 valence electrons. The third-order valence-electron chi connectivity index (χ3n) is 3.87. The molecule has 2 rings (SSSR count). The minimum absolute atomic E-state index is 0.0256. The molecule has 0 saturated heterocycles. The van der Waals surface area contributed by atoms with Gasteiger partial charge >= 0.3 is 0 Å². The molecule has 0 spiro atoms. The van der Waals surface area contributed by atoms with Gasteiger partial charge in [-0.2, -0.15) is 0 Å². The Morgan fingerprint density at radius 1 is 1.08 bits per heavy atom. The predicted molar refractivity (Wildman–Crippen MR) is 102 cm³/mol. The van der Waals surface area contributed by atoms with E-state index in [4.69, 9.17) is 16.3 Å². The van der Waals surface area contributed by atoms with Gasteiger partial charge in [0, 0.05) is 43.8 Å². The summed E-state index contributed by atoms with van der Waals surface area (Å²) in [5, 5.41) is 3.34. The molecule has 0 unspecified atom stereocenters. The molecule has 0 aliphatic rings. The van der Waals surface area contributed by atoms with Gasteiger partial charge in [-0.15, -0.1) is 0 Å². The van der Waals surface area contributed by atoms with Crippen LogP contribution in [-0.2, 0) is 16.1 Å². The van der Waals surface area contributed by atoms with E-state index in [1.54, 1.807) is 36.3 Å². The number of ether oxygens (including phenoxy) is 1. The maximum atomic E-state index is 12.5. The van der Waals surface area contributed by atoms with Crippen LogP contribution in [0.5, 0.6) is 0 Å². The number of hydrogen-bond acceptors (Lipinski definition) is 3. The summed E-state index contributed by atoms with van der Waals surface area (Å²) in [6, 6.07) is 16.4. The molecule has 2 aromatic carbocycles. The first-order valence-electron chi connectivity index (χ1n) is 8.44. The maximum absolute atomic E-state index is 12.5. The van der Waals surface area contributed by atoms with Crippen LogP contribution in [0.25, 0.3) is 0 Å². The first-order valence-corrected chi connectivity index (χ1v) is 8.82. The van der Waals surface area contributed by atoms with Crippen LogP contribution in [0.15, 0.2) is 54.6 Å². The second kappa shape index (κ2) is 10.6. The fourth-order valence-corrected chi connectivity index (χ4v) is 2.57. The topological polar surface area (TPSA) is 58.6 Å². The zero-order valence-electron chi connectivity index (χ0n) is 14.8. The van der Waals surface area contributed by atoms with E-state index in [1.807, 2.05) is 30.3 Å². The molecule has 0 aliphatic carbocycles.